The summed E-state index contributed by atoms with van der Waals surface area (Å²) < 4.78 is 12.2. The highest BCUT2D eigenvalue weighted by Crippen LogP contribution is 2.77. The van der Waals surface area contributed by atoms with E-state index in [4.69, 9.17) is 15.2 Å². The van der Waals surface area contributed by atoms with Gasteiger partial charge < -0.3 is 30.5 Å². The molecule has 42 heavy (non-hydrogen) atoms. The lowest BCUT2D eigenvalue weighted by Gasteiger charge is -2.73. The third-order valence-electron chi connectivity index (χ3n) is 15.3. The standard InChI is InChI=1S/C35H57NO6/c1-19(2)20-10-15-35(30(36)40)17-16-33(6)21(26(20)35)8-9-24-32(5)13-12-25(31(3,4)23(32)11-14-34(24,33)7)42-29-28(39)27(38)22(18-37)41-29/h20-29,37-39H,1,8-18H2,2-7H3,(H2,36,40)/t20-,21+,22+,23-,24+,25-,26+,27-,28+,29?,32-,33+,34+,35-/m0/s1. The van der Waals surface area contributed by atoms with Gasteiger partial charge in [-0.15, -0.1) is 0 Å². The van der Waals surface area contributed by atoms with E-state index in [1.807, 2.05) is 0 Å². The van der Waals surface area contributed by atoms with Gasteiger partial charge in [0.15, 0.2) is 6.29 Å². The van der Waals surface area contributed by atoms with Gasteiger partial charge in [0.1, 0.15) is 18.3 Å². The summed E-state index contributed by atoms with van der Waals surface area (Å²) in [5.74, 6) is 2.16. The first kappa shape index (κ1) is 31.0. The molecule has 0 radical (unpaired) electrons. The van der Waals surface area contributed by atoms with E-state index in [9.17, 15) is 20.1 Å². The van der Waals surface area contributed by atoms with Crippen LogP contribution in [0.15, 0.2) is 12.2 Å². The van der Waals surface area contributed by atoms with E-state index in [-0.39, 0.29) is 45.7 Å². The molecule has 1 amide bonds. The van der Waals surface area contributed by atoms with Crippen molar-refractivity contribution in [1.29, 1.82) is 0 Å². The molecule has 1 unspecified atom stereocenters. The third-order valence-corrected chi connectivity index (χ3v) is 15.3. The Bertz CT molecular complexity index is 1110. The molecule has 7 nitrogen and oxygen atoms in total. The van der Waals surface area contributed by atoms with E-state index in [0.717, 1.165) is 51.4 Å². The van der Waals surface area contributed by atoms with Gasteiger partial charge >= 0.3 is 0 Å². The van der Waals surface area contributed by atoms with Gasteiger partial charge in [0.25, 0.3) is 0 Å². The van der Waals surface area contributed by atoms with Crippen molar-refractivity contribution in [2.24, 2.45) is 62.4 Å². The maximum absolute atomic E-state index is 13.1. The van der Waals surface area contributed by atoms with Crippen molar-refractivity contribution < 1.29 is 29.6 Å². The number of hydrogen-bond acceptors (Lipinski definition) is 6. The quantitative estimate of drug-likeness (QED) is 0.338. The maximum atomic E-state index is 13.1. The van der Waals surface area contributed by atoms with Crippen molar-refractivity contribution in [2.45, 2.75) is 136 Å². The van der Waals surface area contributed by atoms with Crippen LogP contribution in [0.1, 0.15) is 106 Å². The molecule has 0 aromatic heterocycles. The topological polar surface area (TPSA) is 122 Å². The highest BCUT2D eigenvalue weighted by Gasteiger charge is 2.72. The predicted octanol–water partition coefficient (Wildman–Crippen LogP) is 4.95. The van der Waals surface area contributed by atoms with Crippen LogP contribution in [-0.4, -0.2) is 58.5 Å². The molecular formula is C35H57NO6. The number of amides is 1. The number of carbonyl (C=O) groups is 1. The molecule has 0 spiro atoms. The summed E-state index contributed by atoms with van der Waals surface area (Å²) in [5, 5.41) is 30.5. The maximum Gasteiger partial charge on any atom is 0.223 e. The van der Waals surface area contributed by atoms with Crippen LogP contribution in [0, 0.1) is 56.7 Å². The van der Waals surface area contributed by atoms with Crippen LogP contribution in [0.4, 0.5) is 0 Å². The Hall–Kier alpha value is -0.990. The van der Waals surface area contributed by atoms with Gasteiger partial charge in [-0.1, -0.05) is 46.8 Å². The second-order valence-corrected chi connectivity index (χ2v) is 16.9. The summed E-state index contributed by atoms with van der Waals surface area (Å²) in [7, 11) is 0. The minimum Gasteiger partial charge on any atom is -0.394 e. The molecule has 5 saturated carbocycles. The van der Waals surface area contributed by atoms with Crippen molar-refractivity contribution in [2.75, 3.05) is 6.61 Å². The first-order chi connectivity index (χ1) is 19.6. The molecule has 6 fully saturated rings. The Kier molecular flexibility index (Phi) is 7.39. The smallest absolute Gasteiger partial charge is 0.223 e. The molecule has 7 heteroatoms. The number of allylic oxidation sites excluding steroid dienone is 1. The van der Waals surface area contributed by atoms with Crippen LogP contribution in [0.2, 0.25) is 0 Å². The SMILES string of the molecule is C=C(C)[C@@H]1CC[C@]2(C(N)=O)CC[C@]3(C)[C@H](CC[C@@H]4[C@@]5(C)CC[C@H](OC6O[C@H](CO)[C@H](O)[C@H]6O)C(C)(C)[C@@H]5CC[C@]43C)[C@@H]12. The number of hydrogen-bond donors (Lipinski definition) is 4. The number of aliphatic hydroxyl groups excluding tert-OH is 3. The van der Waals surface area contributed by atoms with Crippen molar-refractivity contribution in [3.8, 4) is 0 Å². The van der Waals surface area contributed by atoms with Gasteiger partial charge in [0, 0.05) is 0 Å². The molecule has 6 aliphatic rings. The summed E-state index contributed by atoms with van der Waals surface area (Å²) in [6.45, 7) is 18.6. The molecule has 14 atom stereocenters. The van der Waals surface area contributed by atoms with Gasteiger partial charge in [-0.2, -0.15) is 0 Å². The fourth-order valence-electron chi connectivity index (χ4n) is 12.9. The molecule has 1 heterocycles. The lowest BCUT2D eigenvalue weighted by atomic mass is 9.32. The third kappa shape index (κ3) is 3.91. The number of rotatable bonds is 5. The van der Waals surface area contributed by atoms with Crippen molar-refractivity contribution >= 4 is 5.91 Å². The molecule has 0 aromatic carbocycles. The zero-order chi connectivity index (χ0) is 30.6. The molecule has 1 saturated heterocycles. The fourth-order valence-corrected chi connectivity index (χ4v) is 12.9. The van der Waals surface area contributed by atoms with E-state index in [1.54, 1.807) is 0 Å². The van der Waals surface area contributed by atoms with Gasteiger partial charge in [-0.25, -0.2) is 0 Å². The lowest BCUT2D eigenvalue weighted by Crippen LogP contribution is -2.67. The second kappa shape index (κ2) is 10.0. The van der Waals surface area contributed by atoms with Crippen molar-refractivity contribution in [3.63, 3.8) is 0 Å². The first-order valence-electron chi connectivity index (χ1n) is 16.8. The Morgan fingerprint density at radius 2 is 1.62 bits per heavy atom. The Morgan fingerprint density at radius 3 is 2.24 bits per heavy atom. The van der Waals surface area contributed by atoms with Crippen LogP contribution in [0.5, 0.6) is 0 Å². The molecule has 5 aliphatic carbocycles. The molecule has 6 rings (SSSR count). The fraction of sp³-hybridized carbons (Fsp3) is 0.914. The average molecular weight is 588 g/mol. The number of fused-ring (bicyclic) bond motifs is 7. The van der Waals surface area contributed by atoms with Crippen molar-refractivity contribution in [1.82, 2.24) is 0 Å². The van der Waals surface area contributed by atoms with Crippen LogP contribution in [0.25, 0.3) is 0 Å². The predicted molar refractivity (Wildman–Crippen MR) is 161 cm³/mol. The zero-order valence-electron chi connectivity index (χ0n) is 26.9. The van der Waals surface area contributed by atoms with Crippen molar-refractivity contribution in [3.05, 3.63) is 12.2 Å². The number of ether oxygens (including phenoxy) is 2. The Labute approximate surface area is 253 Å². The van der Waals surface area contributed by atoms with Gasteiger partial charge in [-0.3, -0.25) is 4.79 Å². The molecular weight excluding hydrogens is 530 g/mol. The van der Waals surface area contributed by atoms with Gasteiger partial charge in [0.2, 0.25) is 5.91 Å². The lowest BCUT2D eigenvalue weighted by molar-refractivity contribution is -0.274. The van der Waals surface area contributed by atoms with Crippen LogP contribution < -0.4 is 5.73 Å². The Balaban J connectivity index is 1.28. The molecule has 0 bridgehead atoms. The van der Waals surface area contributed by atoms with Crippen LogP contribution in [-0.2, 0) is 14.3 Å². The van der Waals surface area contributed by atoms with E-state index < -0.39 is 24.6 Å². The monoisotopic (exact) mass is 587 g/mol. The highest BCUT2D eigenvalue weighted by atomic mass is 16.7. The van der Waals surface area contributed by atoms with Gasteiger partial charge in [-0.05, 0) is 122 Å². The van der Waals surface area contributed by atoms with E-state index in [1.165, 1.54) is 18.4 Å². The zero-order valence-corrected chi connectivity index (χ0v) is 26.9. The first-order valence-corrected chi connectivity index (χ1v) is 16.8. The van der Waals surface area contributed by atoms with E-state index >= 15 is 0 Å². The summed E-state index contributed by atoms with van der Waals surface area (Å²) in [6, 6.07) is 0. The summed E-state index contributed by atoms with van der Waals surface area (Å²) in [6.07, 6.45) is 6.40. The largest absolute Gasteiger partial charge is 0.394 e. The molecule has 5 N–H and O–H groups in total. The van der Waals surface area contributed by atoms with Crippen LogP contribution >= 0.6 is 0 Å². The average Bonchev–Trinajstić information content (AvgIpc) is 3.45. The minimum absolute atomic E-state index is 0.0736. The Morgan fingerprint density at radius 1 is 0.905 bits per heavy atom. The highest BCUT2D eigenvalue weighted by molar-refractivity contribution is 5.82. The van der Waals surface area contributed by atoms with Gasteiger partial charge in [0.05, 0.1) is 18.1 Å². The molecule has 1 aliphatic heterocycles. The minimum atomic E-state index is -1.16. The second-order valence-electron chi connectivity index (χ2n) is 16.9. The molecule has 0 aromatic rings. The number of nitrogens with two attached hydrogens (primary N) is 1. The number of aliphatic hydroxyl groups is 3. The summed E-state index contributed by atoms with van der Waals surface area (Å²) in [5.41, 5.74) is 7.46. The number of carbonyl (C=O) groups excluding carboxylic acids is 1. The molecule has 238 valence electrons. The van der Waals surface area contributed by atoms with E-state index in [0.29, 0.717) is 29.6 Å². The number of primary amides is 1. The van der Waals surface area contributed by atoms with Crippen LogP contribution in [0.3, 0.4) is 0 Å². The summed E-state index contributed by atoms with van der Waals surface area (Å²) >= 11 is 0. The summed E-state index contributed by atoms with van der Waals surface area (Å²) in [4.78, 5) is 13.1. The normalized spacial score (nSPS) is 54.8. The van der Waals surface area contributed by atoms with E-state index in [2.05, 4.69) is 48.1 Å².